The van der Waals surface area contributed by atoms with E-state index in [0.29, 0.717) is 19.5 Å². The van der Waals surface area contributed by atoms with Crippen LogP contribution in [0.5, 0.6) is 0 Å². The van der Waals surface area contributed by atoms with Gasteiger partial charge in [0, 0.05) is 0 Å². The lowest BCUT2D eigenvalue weighted by molar-refractivity contribution is 0.236. The van der Waals surface area contributed by atoms with E-state index in [4.69, 9.17) is 0 Å². The first-order chi connectivity index (χ1) is 6.61. The minimum absolute atomic E-state index is 0.0120. The van der Waals surface area contributed by atoms with Gasteiger partial charge in [0.1, 0.15) is 0 Å². The molecular weight excluding hydrogens is 180 g/mol. The Kier molecular flexibility index (Phi) is 8.08. The first-order valence-corrected chi connectivity index (χ1v) is 5.43. The fourth-order valence-corrected chi connectivity index (χ4v) is 1.38. The van der Waals surface area contributed by atoms with E-state index in [9.17, 15) is 10.4 Å². The summed E-state index contributed by atoms with van der Waals surface area (Å²) in [6.45, 7) is 5.10. The third-order valence-electron chi connectivity index (χ3n) is 2.39. The zero-order valence-electron chi connectivity index (χ0n) is 9.53. The Labute approximate surface area is 87.0 Å². The first-order valence-electron chi connectivity index (χ1n) is 5.43. The molecule has 0 saturated heterocycles. The largest absolute Gasteiger partial charge is 0.785 e. The van der Waals surface area contributed by atoms with Crippen LogP contribution in [0.1, 0.15) is 39.5 Å². The second-order valence-corrected chi connectivity index (χ2v) is 3.70. The summed E-state index contributed by atoms with van der Waals surface area (Å²) >= 11 is 0. The highest BCUT2D eigenvalue weighted by molar-refractivity contribution is 4.72. The fraction of sp³-hybridized carbons (Fsp3) is 1.00. The van der Waals surface area contributed by atoms with E-state index in [1.807, 2.05) is 6.92 Å². The van der Waals surface area contributed by atoms with Crippen LogP contribution in [0.2, 0.25) is 0 Å². The summed E-state index contributed by atoms with van der Waals surface area (Å²) < 4.78 is 0. The van der Waals surface area contributed by atoms with Crippen molar-refractivity contribution in [2.24, 2.45) is 0 Å². The van der Waals surface area contributed by atoms with Crippen LogP contribution in [0.3, 0.4) is 0 Å². The smallest absolute Gasteiger partial charge is 0.00169 e. The minimum atomic E-state index is 0.0120. The molecule has 0 N–H and O–H groups in total. The topological polar surface area (TPSA) is 52.6 Å². The second-order valence-electron chi connectivity index (χ2n) is 3.70. The predicted molar refractivity (Wildman–Crippen MR) is 59.7 cm³/mol. The van der Waals surface area contributed by atoms with Gasteiger partial charge in [0.15, 0.2) is 0 Å². The molecule has 1 unspecified atom stereocenters. The average molecular weight is 202 g/mol. The lowest BCUT2D eigenvalue weighted by atomic mass is 10.1. The number of nitrogens with zero attached hydrogens (tertiary/aromatic N) is 2. The van der Waals surface area contributed by atoms with E-state index >= 15 is 0 Å². The summed E-state index contributed by atoms with van der Waals surface area (Å²) in [5.41, 5.74) is 0. The summed E-state index contributed by atoms with van der Waals surface area (Å²) in [5, 5.41) is 24.3. The average Bonchev–Trinajstić information content (AvgIpc) is 2.15. The van der Waals surface area contributed by atoms with Crippen molar-refractivity contribution >= 4 is 0 Å². The molecule has 0 aliphatic heterocycles. The van der Waals surface area contributed by atoms with Gasteiger partial charge in [-0.1, -0.05) is 20.3 Å². The number of hydrogen-bond acceptors (Lipinski definition) is 4. The Morgan fingerprint density at radius 2 is 1.79 bits per heavy atom. The van der Waals surface area contributed by atoms with Crippen molar-refractivity contribution in [3.8, 4) is 0 Å². The fourth-order valence-electron chi connectivity index (χ4n) is 1.38. The van der Waals surface area contributed by atoms with Gasteiger partial charge in [-0.25, -0.2) is 0 Å². The minimum Gasteiger partial charge on any atom is -0.785 e. The molecule has 0 fully saturated rings. The summed E-state index contributed by atoms with van der Waals surface area (Å²) in [4.78, 5) is 0. The van der Waals surface area contributed by atoms with Gasteiger partial charge in [-0.05, 0) is 45.4 Å². The highest BCUT2D eigenvalue weighted by atomic mass is 16.5. The van der Waals surface area contributed by atoms with Crippen LogP contribution in [0.15, 0.2) is 0 Å². The van der Waals surface area contributed by atoms with Crippen LogP contribution >= 0.6 is 0 Å². The van der Waals surface area contributed by atoms with Crippen molar-refractivity contribution in [2.75, 3.05) is 20.1 Å². The summed E-state index contributed by atoms with van der Waals surface area (Å²) in [6, 6.07) is 0.0120. The molecule has 0 heterocycles. The van der Waals surface area contributed by atoms with Crippen LogP contribution in [-0.4, -0.2) is 36.3 Å². The molecule has 0 aliphatic carbocycles. The van der Waals surface area contributed by atoms with Crippen LogP contribution in [0.4, 0.5) is 0 Å². The lowest BCUT2D eigenvalue weighted by Gasteiger charge is -2.38. The van der Waals surface area contributed by atoms with E-state index in [1.165, 1.54) is 7.05 Å². The predicted octanol–water partition coefficient (Wildman–Crippen LogP) is 2.18. The molecule has 0 rings (SSSR count). The molecule has 14 heavy (non-hydrogen) atoms. The van der Waals surface area contributed by atoms with Gasteiger partial charge < -0.3 is 20.5 Å². The molecule has 86 valence electrons. The summed E-state index contributed by atoms with van der Waals surface area (Å²) in [5.74, 6) is 0. The van der Waals surface area contributed by atoms with E-state index in [1.54, 1.807) is 0 Å². The van der Waals surface area contributed by atoms with Crippen LogP contribution in [0.25, 0.3) is 0 Å². The molecule has 0 aliphatic rings. The highest BCUT2D eigenvalue weighted by Crippen LogP contribution is 2.09. The lowest BCUT2D eigenvalue weighted by Crippen LogP contribution is -2.33. The van der Waals surface area contributed by atoms with Gasteiger partial charge in [-0.15, -0.1) is 0 Å². The highest BCUT2D eigenvalue weighted by Gasteiger charge is 2.06. The third kappa shape index (κ3) is 6.32. The first kappa shape index (κ1) is 13.8. The van der Waals surface area contributed by atoms with Crippen molar-refractivity contribution in [2.45, 2.75) is 45.6 Å². The quantitative estimate of drug-likeness (QED) is 0.566. The van der Waals surface area contributed by atoms with Gasteiger partial charge in [0.25, 0.3) is 0 Å². The van der Waals surface area contributed by atoms with Gasteiger partial charge in [-0.2, -0.15) is 0 Å². The molecule has 1 atom stereocenters. The molecule has 0 radical (unpaired) electrons. The van der Waals surface area contributed by atoms with Gasteiger partial charge in [0.2, 0.25) is 0 Å². The number of hydrogen-bond donors (Lipinski definition) is 0. The Bertz CT molecular complexity index is 131. The van der Waals surface area contributed by atoms with Crippen LogP contribution in [0, 0.1) is 10.4 Å². The molecule has 0 bridgehead atoms. The van der Waals surface area contributed by atoms with Crippen LogP contribution < -0.4 is 0 Å². The third-order valence-corrected chi connectivity index (χ3v) is 2.39. The van der Waals surface area contributed by atoms with Crippen molar-refractivity contribution in [3.63, 3.8) is 0 Å². The number of rotatable bonds is 8. The van der Waals surface area contributed by atoms with Gasteiger partial charge in [0.05, 0.1) is 0 Å². The molecule has 0 saturated carbocycles. The standard InChI is InChI=1S/C10H22N2O2/c1-4-6-8-12(14)10(5-2)7-9-11(3)13/h10H,4-9H2,1-3H3/q-2. The maximum Gasteiger partial charge on any atom is -0.00169 e. The second kappa shape index (κ2) is 8.17. The molecule has 4 nitrogen and oxygen atoms in total. The number of hydroxylamine groups is 4. The van der Waals surface area contributed by atoms with E-state index < -0.39 is 0 Å². The Balaban J connectivity index is 3.74. The normalized spacial score (nSPS) is 13.9. The molecule has 4 heteroatoms. The molecule has 0 aromatic rings. The SMILES string of the molecule is CCCCN([O-])C(CC)CCN(C)[O-]. The molecule has 0 aromatic heterocycles. The zero-order chi connectivity index (χ0) is 11.0. The summed E-state index contributed by atoms with van der Waals surface area (Å²) in [7, 11) is 1.49. The molecule has 0 aromatic carbocycles. The van der Waals surface area contributed by atoms with E-state index in [-0.39, 0.29) is 6.04 Å². The Morgan fingerprint density at radius 3 is 2.21 bits per heavy atom. The van der Waals surface area contributed by atoms with Crippen molar-refractivity contribution in [1.29, 1.82) is 0 Å². The van der Waals surface area contributed by atoms with Crippen molar-refractivity contribution in [1.82, 2.24) is 10.1 Å². The van der Waals surface area contributed by atoms with Crippen molar-refractivity contribution in [3.05, 3.63) is 10.4 Å². The van der Waals surface area contributed by atoms with E-state index in [2.05, 4.69) is 6.92 Å². The summed E-state index contributed by atoms with van der Waals surface area (Å²) in [6.07, 6.45) is 3.47. The number of unbranched alkanes of at least 4 members (excludes halogenated alkanes) is 1. The molecule has 0 amide bonds. The Hall–Kier alpha value is -0.160. The zero-order valence-corrected chi connectivity index (χ0v) is 9.53. The van der Waals surface area contributed by atoms with Crippen LogP contribution in [-0.2, 0) is 0 Å². The maximum absolute atomic E-state index is 11.5. The monoisotopic (exact) mass is 202 g/mol. The molecule has 0 spiro atoms. The van der Waals surface area contributed by atoms with Crippen molar-refractivity contribution < 1.29 is 0 Å². The Morgan fingerprint density at radius 1 is 1.14 bits per heavy atom. The van der Waals surface area contributed by atoms with Gasteiger partial charge >= 0.3 is 0 Å². The molecular formula is C10H22N2O2-2. The van der Waals surface area contributed by atoms with Gasteiger partial charge in [-0.3, -0.25) is 0 Å². The maximum atomic E-state index is 11.5. The van der Waals surface area contributed by atoms with E-state index in [0.717, 1.165) is 29.4 Å².